The van der Waals surface area contributed by atoms with Crippen molar-refractivity contribution in [2.75, 3.05) is 32.3 Å². The maximum atomic E-state index is 5.47. The van der Waals surface area contributed by atoms with Crippen molar-refractivity contribution in [2.45, 2.75) is 19.5 Å². The van der Waals surface area contributed by atoms with Crippen LogP contribution in [0.25, 0.3) is 6.08 Å². The molecule has 6 rings (SSSR count). The van der Waals surface area contributed by atoms with Gasteiger partial charge in [0.2, 0.25) is 0 Å². The molecule has 2 aliphatic heterocycles. The van der Waals surface area contributed by atoms with Gasteiger partial charge in [-0.1, -0.05) is 72.3 Å². The number of hydrazone groups is 1. The number of anilines is 1. The standard InChI is InChI=1S/C35H35N3O2/c1-25-9-11-27(12-10-25)22-37-23-29(21-26-13-17-31(39-2)18-14-26)34-33(24-37)35(28-15-19-32(40-3)20-16-28)38(36-34)30-7-5-4-6-8-30/h4-21,33,35H,22-24H2,1-3H3. The lowest BCUT2D eigenvalue weighted by Gasteiger charge is -2.36. The van der Waals surface area contributed by atoms with E-state index in [4.69, 9.17) is 14.6 Å². The van der Waals surface area contributed by atoms with Crippen molar-refractivity contribution in [3.63, 3.8) is 0 Å². The first-order valence-electron chi connectivity index (χ1n) is 13.8. The first kappa shape index (κ1) is 25.9. The highest BCUT2D eigenvalue weighted by Gasteiger charge is 2.44. The molecule has 0 bridgehead atoms. The number of benzene rings is 4. The molecule has 2 atom stereocenters. The Morgan fingerprint density at radius 1 is 0.800 bits per heavy atom. The molecule has 40 heavy (non-hydrogen) atoms. The first-order chi connectivity index (χ1) is 19.6. The highest BCUT2D eigenvalue weighted by atomic mass is 16.5. The van der Waals surface area contributed by atoms with E-state index in [9.17, 15) is 0 Å². The van der Waals surface area contributed by atoms with Crippen LogP contribution in [0.1, 0.15) is 28.3 Å². The van der Waals surface area contributed by atoms with Crippen molar-refractivity contribution in [1.82, 2.24) is 4.90 Å². The van der Waals surface area contributed by atoms with E-state index >= 15 is 0 Å². The smallest absolute Gasteiger partial charge is 0.118 e. The Bertz CT molecular complexity index is 1490. The van der Waals surface area contributed by atoms with Crippen LogP contribution in [-0.2, 0) is 6.54 Å². The van der Waals surface area contributed by atoms with Crippen molar-refractivity contribution in [3.8, 4) is 11.5 Å². The van der Waals surface area contributed by atoms with E-state index in [2.05, 4.69) is 114 Å². The Hall–Kier alpha value is -4.35. The number of likely N-dealkylation sites (tertiary alicyclic amines) is 1. The monoisotopic (exact) mass is 529 g/mol. The number of piperidine rings is 1. The molecule has 0 saturated carbocycles. The Labute approximate surface area is 237 Å². The van der Waals surface area contributed by atoms with Crippen molar-refractivity contribution in [2.24, 2.45) is 11.0 Å². The average Bonchev–Trinajstić information content (AvgIpc) is 3.39. The van der Waals surface area contributed by atoms with Gasteiger partial charge >= 0.3 is 0 Å². The van der Waals surface area contributed by atoms with Gasteiger partial charge in [-0.05, 0) is 71.7 Å². The van der Waals surface area contributed by atoms with Crippen LogP contribution in [0.3, 0.4) is 0 Å². The molecular formula is C35H35N3O2. The zero-order chi connectivity index (χ0) is 27.5. The molecule has 0 aliphatic carbocycles. The minimum absolute atomic E-state index is 0.0726. The Kier molecular flexibility index (Phi) is 7.39. The van der Waals surface area contributed by atoms with Crippen molar-refractivity contribution in [3.05, 3.63) is 131 Å². The lowest BCUT2D eigenvalue weighted by atomic mass is 9.82. The summed E-state index contributed by atoms with van der Waals surface area (Å²) >= 11 is 0. The zero-order valence-corrected chi connectivity index (χ0v) is 23.3. The van der Waals surface area contributed by atoms with Gasteiger partial charge in [-0.25, -0.2) is 0 Å². The summed E-state index contributed by atoms with van der Waals surface area (Å²) in [5, 5.41) is 7.57. The molecule has 2 unspecified atom stereocenters. The fourth-order valence-electron chi connectivity index (χ4n) is 5.79. The molecular weight excluding hydrogens is 494 g/mol. The first-order valence-corrected chi connectivity index (χ1v) is 13.8. The van der Waals surface area contributed by atoms with Gasteiger partial charge in [0.05, 0.1) is 31.7 Å². The molecule has 2 aliphatic rings. The summed E-state index contributed by atoms with van der Waals surface area (Å²) in [5.41, 5.74) is 8.51. The highest BCUT2D eigenvalue weighted by molar-refractivity contribution is 6.09. The maximum Gasteiger partial charge on any atom is 0.118 e. The van der Waals surface area contributed by atoms with E-state index in [0.29, 0.717) is 0 Å². The molecule has 1 saturated heterocycles. The second-order valence-electron chi connectivity index (χ2n) is 10.6. The lowest BCUT2D eigenvalue weighted by molar-refractivity contribution is 0.245. The fourth-order valence-corrected chi connectivity index (χ4v) is 5.79. The molecule has 202 valence electrons. The second kappa shape index (κ2) is 11.4. The van der Waals surface area contributed by atoms with E-state index in [0.717, 1.165) is 42.4 Å². The van der Waals surface area contributed by atoms with Gasteiger partial charge in [0.15, 0.2) is 0 Å². The van der Waals surface area contributed by atoms with Crippen LogP contribution >= 0.6 is 0 Å². The molecule has 2 heterocycles. The molecule has 5 nitrogen and oxygen atoms in total. The van der Waals surface area contributed by atoms with Crippen LogP contribution in [0.2, 0.25) is 0 Å². The quantitative estimate of drug-likeness (QED) is 0.255. The van der Waals surface area contributed by atoms with Crippen LogP contribution in [0, 0.1) is 12.8 Å². The van der Waals surface area contributed by atoms with Crippen molar-refractivity contribution in [1.29, 1.82) is 0 Å². The van der Waals surface area contributed by atoms with Crippen LogP contribution in [-0.4, -0.2) is 37.9 Å². The molecule has 0 radical (unpaired) electrons. The molecule has 5 heteroatoms. The Balaban J connectivity index is 1.42. The van der Waals surface area contributed by atoms with Crippen molar-refractivity contribution >= 4 is 17.5 Å². The fraction of sp³-hybridized carbons (Fsp3) is 0.229. The molecule has 4 aromatic carbocycles. The third-order valence-electron chi connectivity index (χ3n) is 7.85. The van der Waals surface area contributed by atoms with E-state index in [1.54, 1.807) is 14.2 Å². The predicted molar refractivity (Wildman–Crippen MR) is 163 cm³/mol. The number of nitrogens with zero attached hydrogens (tertiary/aromatic N) is 3. The van der Waals surface area contributed by atoms with E-state index < -0.39 is 0 Å². The molecule has 4 aromatic rings. The topological polar surface area (TPSA) is 37.3 Å². The third kappa shape index (κ3) is 5.38. The van der Waals surface area contributed by atoms with Gasteiger partial charge in [-0.15, -0.1) is 0 Å². The molecule has 0 spiro atoms. The number of fused-ring (bicyclic) bond motifs is 1. The van der Waals surface area contributed by atoms with Crippen LogP contribution in [0.15, 0.2) is 114 Å². The zero-order valence-electron chi connectivity index (χ0n) is 23.3. The number of rotatable bonds is 7. The highest BCUT2D eigenvalue weighted by Crippen LogP contribution is 2.44. The summed E-state index contributed by atoms with van der Waals surface area (Å²) in [6.45, 7) is 4.80. The minimum atomic E-state index is 0.0726. The van der Waals surface area contributed by atoms with E-state index in [1.807, 2.05) is 12.1 Å². The predicted octanol–water partition coefficient (Wildman–Crippen LogP) is 7.15. The van der Waals surface area contributed by atoms with Gasteiger partial charge in [0.1, 0.15) is 11.5 Å². The second-order valence-corrected chi connectivity index (χ2v) is 10.6. The van der Waals surface area contributed by atoms with Gasteiger partial charge < -0.3 is 9.47 Å². The summed E-state index contributed by atoms with van der Waals surface area (Å²) in [7, 11) is 3.41. The Morgan fingerprint density at radius 2 is 1.45 bits per heavy atom. The van der Waals surface area contributed by atoms with Gasteiger partial charge in [0.25, 0.3) is 0 Å². The maximum absolute atomic E-state index is 5.47. The number of hydrogen-bond acceptors (Lipinski definition) is 5. The SMILES string of the molecule is COc1ccc(C=C2CN(Cc3ccc(C)cc3)CC3C2=NN(c2ccccc2)C3c2ccc(OC)cc2)cc1. The summed E-state index contributed by atoms with van der Waals surface area (Å²) in [6, 6.07) is 36.2. The largest absolute Gasteiger partial charge is 0.497 e. The van der Waals surface area contributed by atoms with Crippen molar-refractivity contribution < 1.29 is 9.47 Å². The normalized spacial score (nSPS) is 19.8. The van der Waals surface area contributed by atoms with E-state index in [-0.39, 0.29) is 12.0 Å². The third-order valence-corrected chi connectivity index (χ3v) is 7.85. The summed E-state index contributed by atoms with van der Waals surface area (Å²) in [5.74, 6) is 1.92. The van der Waals surface area contributed by atoms with Gasteiger partial charge in [-0.3, -0.25) is 9.91 Å². The number of methoxy groups -OCH3 is 2. The lowest BCUT2D eigenvalue weighted by Crippen LogP contribution is -2.43. The molecule has 1 fully saturated rings. The Morgan fingerprint density at radius 3 is 2.10 bits per heavy atom. The number of para-hydroxylation sites is 1. The average molecular weight is 530 g/mol. The van der Waals surface area contributed by atoms with Gasteiger partial charge in [-0.2, -0.15) is 5.10 Å². The number of aryl methyl sites for hydroxylation is 1. The van der Waals surface area contributed by atoms with Crippen LogP contribution < -0.4 is 14.5 Å². The minimum Gasteiger partial charge on any atom is -0.497 e. The summed E-state index contributed by atoms with van der Waals surface area (Å²) in [4.78, 5) is 2.56. The molecule has 0 amide bonds. The van der Waals surface area contributed by atoms with Crippen LogP contribution in [0.5, 0.6) is 11.5 Å². The van der Waals surface area contributed by atoms with Crippen LogP contribution in [0.4, 0.5) is 5.69 Å². The molecule has 0 N–H and O–H groups in total. The van der Waals surface area contributed by atoms with Gasteiger partial charge in [0, 0.05) is 25.6 Å². The number of hydrogen-bond donors (Lipinski definition) is 0. The number of ether oxygens (including phenoxy) is 2. The van der Waals surface area contributed by atoms with E-state index in [1.165, 1.54) is 28.0 Å². The summed E-state index contributed by atoms with van der Waals surface area (Å²) < 4.78 is 10.9. The molecule has 0 aromatic heterocycles. The summed E-state index contributed by atoms with van der Waals surface area (Å²) in [6.07, 6.45) is 2.30.